The molecule has 0 radical (unpaired) electrons. The molecule has 116 valence electrons. The predicted molar refractivity (Wildman–Crippen MR) is 72.1 cm³/mol. The summed E-state index contributed by atoms with van der Waals surface area (Å²) in [6.45, 7) is 0. The van der Waals surface area contributed by atoms with Gasteiger partial charge in [-0.2, -0.15) is 18.3 Å². The highest BCUT2D eigenvalue weighted by atomic mass is 19.4. The summed E-state index contributed by atoms with van der Waals surface area (Å²) in [6, 6.07) is 0. The van der Waals surface area contributed by atoms with Crippen LogP contribution in [0, 0.1) is 5.92 Å². The summed E-state index contributed by atoms with van der Waals surface area (Å²) in [5, 5.41) is 6.05. The summed E-state index contributed by atoms with van der Waals surface area (Å²) in [4.78, 5) is 11.5. The van der Waals surface area contributed by atoms with E-state index in [4.69, 9.17) is 0 Å². The van der Waals surface area contributed by atoms with E-state index >= 15 is 0 Å². The molecule has 1 saturated carbocycles. The Kier molecular flexibility index (Phi) is 3.80. The molecule has 0 amide bonds. The topological polar surface area (TPSA) is 45.8 Å². The van der Waals surface area contributed by atoms with Crippen molar-refractivity contribution in [1.82, 2.24) is 10.2 Å². The number of hydrogen-bond acceptors (Lipinski definition) is 2. The minimum absolute atomic E-state index is 0.0797. The van der Waals surface area contributed by atoms with Gasteiger partial charge in [0.1, 0.15) is 5.56 Å². The minimum atomic E-state index is -4.60. The molecule has 1 N–H and O–H groups in total. The SMILES string of the molecule is O=c1[nH]nc2c(c1C(F)(F)F)CCC2C1CCCCCC1. The number of hydrogen-bond donors (Lipinski definition) is 1. The van der Waals surface area contributed by atoms with Crippen LogP contribution >= 0.6 is 0 Å². The van der Waals surface area contributed by atoms with Gasteiger partial charge in [0.25, 0.3) is 5.56 Å². The Morgan fingerprint density at radius 2 is 1.71 bits per heavy atom. The van der Waals surface area contributed by atoms with Crippen molar-refractivity contribution < 1.29 is 13.2 Å². The Bertz CT molecular complexity index is 571. The van der Waals surface area contributed by atoms with Crippen LogP contribution in [0.15, 0.2) is 4.79 Å². The molecule has 1 aromatic heterocycles. The Balaban J connectivity index is 1.97. The molecule has 0 aromatic carbocycles. The molecular weight excluding hydrogens is 281 g/mol. The third kappa shape index (κ3) is 2.72. The van der Waals surface area contributed by atoms with Gasteiger partial charge in [0.2, 0.25) is 0 Å². The van der Waals surface area contributed by atoms with Crippen LogP contribution in [0.2, 0.25) is 0 Å². The van der Waals surface area contributed by atoms with Gasteiger partial charge >= 0.3 is 6.18 Å². The monoisotopic (exact) mass is 300 g/mol. The fourth-order valence-corrected chi connectivity index (χ4v) is 3.97. The lowest BCUT2D eigenvalue weighted by Gasteiger charge is -2.22. The van der Waals surface area contributed by atoms with Crippen molar-refractivity contribution in [2.24, 2.45) is 5.92 Å². The first-order chi connectivity index (χ1) is 9.98. The summed E-state index contributed by atoms with van der Waals surface area (Å²) in [7, 11) is 0. The quantitative estimate of drug-likeness (QED) is 0.802. The van der Waals surface area contributed by atoms with Crippen LogP contribution in [0.4, 0.5) is 13.2 Å². The van der Waals surface area contributed by atoms with Gasteiger partial charge in [-0.25, -0.2) is 5.10 Å². The van der Waals surface area contributed by atoms with E-state index in [1.54, 1.807) is 0 Å². The Hall–Kier alpha value is -1.33. The van der Waals surface area contributed by atoms with Gasteiger partial charge in [-0.3, -0.25) is 4.79 Å². The van der Waals surface area contributed by atoms with E-state index in [1.165, 1.54) is 12.8 Å². The maximum Gasteiger partial charge on any atom is 0.422 e. The van der Waals surface area contributed by atoms with Crippen LogP contribution in [0.25, 0.3) is 0 Å². The lowest BCUT2D eigenvalue weighted by Crippen LogP contribution is -2.26. The largest absolute Gasteiger partial charge is 0.422 e. The molecule has 6 heteroatoms. The molecule has 2 aliphatic rings. The number of rotatable bonds is 1. The molecule has 0 spiro atoms. The average molecular weight is 300 g/mol. The van der Waals surface area contributed by atoms with Crippen LogP contribution in [-0.4, -0.2) is 10.2 Å². The van der Waals surface area contributed by atoms with Gasteiger partial charge in [0.15, 0.2) is 0 Å². The molecule has 0 aliphatic heterocycles. The first-order valence-electron chi connectivity index (χ1n) is 7.67. The number of nitrogens with one attached hydrogen (secondary N) is 1. The molecule has 3 rings (SSSR count). The van der Waals surface area contributed by atoms with Crippen molar-refractivity contribution in [3.63, 3.8) is 0 Å². The average Bonchev–Trinajstić information content (AvgIpc) is 2.65. The zero-order valence-electron chi connectivity index (χ0n) is 11.8. The van der Waals surface area contributed by atoms with E-state index in [-0.39, 0.29) is 11.5 Å². The van der Waals surface area contributed by atoms with Gasteiger partial charge in [-0.15, -0.1) is 0 Å². The molecular formula is C15H19F3N2O. The summed E-state index contributed by atoms with van der Waals surface area (Å²) < 4.78 is 39.3. The lowest BCUT2D eigenvalue weighted by molar-refractivity contribution is -0.139. The van der Waals surface area contributed by atoms with Crippen molar-refractivity contribution >= 4 is 0 Å². The number of halogens is 3. The summed E-state index contributed by atoms with van der Waals surface area (Å²) in [6.07, 6.45) is 3.25. The summed E-state index contributed by atoms with van der Waals surface area (Å²) >= 11 is 0. The molecule has 3 nitrogen and oxygen atoms in total. The van der Waals surface area contributed by atoms with Gasteiger partial charge < -0.3 is 0 Å². The lowest BCUT2D eigenvalue weighted by atomic mass is 9.84. The molecule has 1 fully saturated rings. The molecule has 1 atom stereocenters. The third-order valence-electron chi connectivity index (χ3n) is 4.92. The first kappa shape index (κ1) is 14.6. The second-order valence-electron chi connectivity index (χ2n) is 6.19. The standard InChI is InChI=1S/C15H19F3N2O/c16-15(17,18)12-11-8-7-10(13(11)19-20-14(12)21)9-5-3-1-2-4-6-9/h9-10H,1-8H2,(H,20,21). The Morgan fingerprint density at radius 1 is 1.05 bits per heavy atom. The highest BCUT2D eigenvalue weighted by molar-refractivity contribution is 5.36. The number of H-pyrrole nitrogens is 1. The van der Waals surface area contributed by atoms with E-state index in [9.17, 15) is 18.0 Å². The molecule has 1 heterocycles. The first-order valence-corrected chi connectivity index (χ1v) is 7.67. The number of aromatic amines is 1. The van der Waals surface area contributed by atoms with E-state index in [0.29, 0.717) is 24.5 Å². The van der Waals surface area contributed by atoms with Crippen molar-refractivity contribution in [3.05, 3.63) is 27.2 Å². The van der Waals surface area contributed by atoms with Crippen LogP contribution in [0.1, 0.15) is 67.7 Å². The molecule has 1 unspecified atom stereocenters. The number of nitrogens with zero attached hydrogens (tertiary/aromatic N) is 1. The normalized spacial score (nSPS) is 23.9. The molecule has 0 bridgehead atoms. The minimum Gasteiger partial charge on any atom is -0.267 e. The second-order valence-corrected chi connectivity index (χ2v) is 6.19. The smallest absolute Gasteiger partial charge is 0.267 e. The number of alkyl halides is 3. The number of aromatic nitrogens is 2. The van der Waals surface area contributed by atoms with Crippen molar-refractivity contribution in [2.45, 2.75) is 63.5 Å². The maximum absolute atomic E-state index is 13.1. The molecule has 21 heavy (non-hydrogen) atoms. The molecule has 1 aromatic rings. The third-order valence-corrected chi connectivity index (χ3v) is 4.92. The predicted octanol–water partition coefficient (Wildman–Crippen LogP) is 3.79. The zero-order chi connectivity index (χ0) is 15.0. The van der Waals surface area contributed by atoms with Crippen molar-refractivity contribution in [1.29, 1.82) is 0 Å². The maximum atomic E-state index is 13.1. The molecule has 0 saturated heterocycles. The van der Waals surface area contributed by atoms with Crippen LogP contribution in [-0.2, 0) is 12.6 Å². The second kappa shape index (κ2) is 5.46. The number of fused-ring (bicyclic) bond motifs is 1. The van der Waals surface area contributed by atoms with Crippen LogP contribution < -0.4 is 5.56 Å². The van der Waals surface area contributed by atoms with Crippen molar-refractivity contribution in [2.75, 3.05) is 0 Å². The van der Waals surface area contributed by atoms with E-state index < -0.39 is 17.3 Å². The highest BCUT2D eigenvalue weighted by Crippen LogP contribution is 2.44. The zero-order valence-corrected chi connectivity index (χ0v) is 11.8. The highest BCUT2D eigenvalue weighted by Gasteiger charge is 2.42. The van der Waals surface area contributed by atoms with Gasteiger partial charge in [0, 0.05) is 5.92 Å². The van der Waals surface area contributed by atoms with Gasteiger partial charge in [-0.1, -0.05) is 25.7 Å². The molecule has 2 aliphatic carbocycles. The summed E-state index contributed by atoms with van der Waals surface area (Å²) in [5.74, 6) is 0.490. The van der Waals surface area contributed by atoms with Crippen LogP contribution in [0.5, 0.6) is 0 Å². The van der Waals surface area contributed by atoms with Gasteiger partial charge in [-0.05, 0) is 37.2 Å². The van der Waals surface area contributed by atoms with Gasteiger partial charge in [0.05, 0.1) is 5.69 Å². The fourth-order valence-electron chi connectivity index (χ4n) is 3.97. The van der Waals surface area contributed by atoms with E-state index in [0.717, 1.165) is 25.7 Å². The van der Waals surface area contributed by atoms with E-state index in [1.807, 2.05) is 0 Å². The Morgan fingerprint density at radius 3 is 2.33 bits per heavy atom. The summed E-state index contributed by atoms with van der Waals surface area (Å²) in [5.41, 5.74) is -1.50. The van der Waals surface area contributed by atoms with Crippen LogP contribution in [0.3, 0.4) is 0 Å². The fraction of sp³-hybridized carbons (Fsp3) is 0.733. The van der Waals surface area contributed by atoms with E-state index in [2.05, 4.69) is 10.2 Å². The van der Waals surface area contributed by atoms with Crippen molar-refractivity contribution in [3.8, 4) is 0 Å². The Labute approximate surface area is 120 Å².